The minimum atomic E-state index is -4.15. The summed E-state index contributed by atoms with van der Waals surface area (Å²) < 4.78 is 52.1. The van der Waals surface area contributed by atoms with Crippen LogP contribution in [0.4, 0.5) is 14.5 Å². The second-order valence-corrected chi connectivity index (χ2v) is 9.50. The Morgan fingerprint density at radius 3 is 2.50 bits per heavy atom. The Hall–Kier alpha value is -2.29. The number of nitrogens with zero attached hydrogens (tertiary/aromatic N) is 1. The Kier molecular flexibility index (Phi) is 5.65. The molecule has 0 bridgehead atoms. The van der Waals surface area contributed by atoms with Crippen LogP contribution in [0, 0.1) is 11.6 Å². The van der Waals surface area contributed by atoms with Gasteiger partial charge in [-0.05, 0) is 68.0 Å². The second-order valence-electron chi connectivity index (χ2n) is 7.53. The fourth-order valence-electron chi connectivity index (χ4n) is 4.17. The van der Waals surface area contributed by atoms with Crippen molar-refractivity contribution in [3.63, 3.8) is 0 Å². The number of aromatic nitrogens is 1. The number of fused-ring (bicyclic) bond motifs is 1. The molecule has 1 aliphatic carbocycles. The van der Waals surface area contributed by atoms with Crippen molar-refractivity contribution in [2.75, 3.05) is 5.32 Å². The van der Waals surface area contributed by atoms with Crippen LogP contribution >= 0.6 is 11.6 Å². The maximum atomic E-state index is 14.5. The fourth-order valence-corrected chi connectivity index (χ4v) is 5.16. The molecule has 1 heterocycles. The third-order valence-corrected chi connectivity index (χ3v) is 6.80. The van der Waals surface area contributed by atoms with Crippen molar-refractivity contribution < 1.29 is 17.2 Å². The summed E-state index contributed by atoms with van der Waals surface area (Å²) in [6.45, 7) is 0. The summed E-state index contributed by atoms with van der Waals surface area (Å²) in [4.78, 5) is 3.99. The third-order valence-electron chi connectivity index (χ3n) is 5.60. The monoisotopic (exact) mass is 451 g/mol. The SMILES string of the molecule is NS(=O)(=O)c1ccc(F)c(F)c1C1CCC(Nc2ccnc3cc(Cl)ccc23)CC1. The van der Waals surface area contributed by atoms with E-state index in [0.29, 0.717) is 30.7 Å². The molecule has 0 atom stereocenters. The average Bonchev–Trinajstić information content (AvgIpc) is 2.70. The summed E-state index contributed by atoms with van der Waals surface area (Å²) in [6.07, 6.45) is 4.06. The predicted molar refractivity (Wildman–Crippen MR) is 113 cm³/mol. The predicted octanol–water partition coefficient (Wildman–Crippen LogP) is 4.95. The minimum absolute atomic E-state index is 0.108. The number of pyridine rings is 1. The number of primary sulfonamides is 1. The van der Waals surface area contributed by atoms with Gasteiger partial charge in [0.2, 0.25) is 10.0 Å². The number of hydrogen-bond acceptors (Lipinski definition) is 4. The molecule has 0 spiro atoms. The first-order valence-corrected chi connectivity index (χ1v) is 11.5. The number of halogens is 3. The molecule has 0 amide bonds. The van der Waals surface area contributed by atoms with Gasteiger partial charge in [0.1, 0.15) is 0 Å². The highest BCUT2D eigenvalue weighted by Gasteiger charge is 2.30. The summed E-state index contributed by atoms with van der Waals surface area (Å²) in [5.41, 5.74) is 1.56. The van der Waals surface area contributed by atoms with Gasteiger partial charge >= 0.3 is 0 Å². The van der Waals surface area contributed by atoms with Crippen LogP contribution < -0.4 is 10.5 Å². The molecule has 0 radical (unpaired) electrons. The van der Waals surface area contributed by atoms with Crippen molar-refractivity contribution >= 4 is 38.2 Å². The van der Waals surface area contributed by atoms with Gasteiger partial charge in [-0.25, -0.2) is 22.3 Å². The number of anilines is 1. The summed E-state index contributed by atoms with van der Waals surface area (Å²) in [7, 11) is -4.15. The zero-order valence-corrected chi connectivity index (χ0v) is 17.5. The van der Waals surface area contributed by atoms with E-state index in [9.17, 15) is 17.2 Å². The standard InChI is InChI=1S/C21H20ClF2N3O2S/c22-13-3-6-15-17(9-10-26-18(15)11-13)27-14-4-1-12(2-5-14)20-19(30(25,28)29)8-7-16(23)21(20)24/h3,6-12,14H,1-2,4-5H2,(H,26,27)(H2,25,28,29). The highest BCUT2D eigenvalue weighted by Crippen LogP contribution is 2.39. The number of benzene rings is 2. The Morgan fingerprint density at radius 1 is 1.07 bits per heavy atom. The molecule has 0 unspecified atom stereocenters. The summed E-state index contributed by atoms with van der Waals surface area (Å²) in [5, 5.41) is 10.3. The molecule has 1 fully saturated rings. The molecular formula is C21H20ClF2N3O2S. The van der Waals surface area contributed by atoms with E-state index >= 15 is 0 Å². The first-order valence-electron chi connectivity index (χ1n) is 9.55. The molecule has 30 heavy (non-hydrogen) atoms. The van der Waals surface area contributed by atoms with Gasteiger partial charge in [0, 0.05) is 33.9 Å². The molecule has 3 N–H and O–H groups in total. The quantitative estimate of drug-likeness (QED) is 0.587. The highest BCUT2D eigenvalue weighted by molar-refractivity contribution is 7.89. The van der Waals surface area contributed by atoms with Gasteiger partial charge in [-0.3, -0.25) is 4.98 Å². The lowest BCUT2D eigenvalue weighted by molar-refractivity contribution is 0.389. The van der Waals surface area contributed by atoms with E-state index in [1.54, 1.807) is 18.3 Å². The average molecular weight is 452 g/mol. The Balaban J connectivity index is 1.54. The van der Waals surface area contributed by atoms with Crippen molar-refractivity contribution in [1.29, 1.82) is 0 Å². The lowest BCUT2D eigenvalue weighted by Gasteiger charge is -2.31. The van der Waals surface area contributed by atoms with Crippen molar-refractivity contribution in [3.8, 4) is 0 Å². The van der Waals surface area contributed by atoms with Gasteiger partial charge in [-0.1, -0.05) is 11.6 Å². The Labute approximate surface area is 178 Å². The van der Waals surface area contributed by atoms with Crippen molar-refractivity contribution in [2.24, 2.45) is 5.14 Å². The van der Waals surface area contributed by atoms with Crippen LogP contribution in [0.25, 0.3) is 10.9 Å². The zero-order chi connectivity index (χ0) is 21.5. The van der Waals surface area contributed by atoms with Crippen LogP contribution in [0.15, 0.2) is 47.5 Å². The molecule has 3 aromatic rings. The van der Waals surface area contributed by atoms with Crippen LogP contribution in [0.1, 0.15) is 37.2 Å². The maximum absolute atomic E-state index is 14.5. The lowest BCUT2D eigenvalue weighted by atomic mass is 9.81. The van der Waals surface area contributed by atoms with Crippen LogP contribution in [-0.2, 0) is 10.0 Å². The van der Waals surface area contributed by atoms with Gasteiger partial charge in [0.05, 0.1) is 10.4 Å². The largest absolute Gasteiger partial charge is 0.382 e. The normalized spacial score (nSPS) is 19.7. The molecule has 1 aromatic heterocycles. The van der Waals surface area contributed by atoms with Crippen LogP contribution in [0.3, 0.4) is 0 Å². The van der Waals surface area contributed by atoms with E-state index in [0.717, 1.165) is 28.7 Å². The van der Waals surface area contributed by atoms with Crippen molar-refractivity contribution in [2.45, 2.75) is 42.5 Å². The maximum Gasteiger partial charge on any atom is 0.238 e. The number of nitrogens with one attached hydrogen (secondary N) is 1. The topological polar surface area (TPSA) is 85.1 Å². The molecule has 0 saturated heterocycles. The minimum Gasteiger partial charge on any atom is -0.382 e. The fraction of sp³-hybridized carbons (Fsp3) is 0.286. The van der Waals surface area contributed by atoms with Crippen LogP contribution in [-0.4, -0.2) is 19.4 Å². The van der Waals surface area contributed by atoms with E-state index in [4.69, 9.17) is 16.7 Å². The van der Waals surface area contributed by atoms with Crippen molar-refractivity contribution in [3.05, 3.63) is 64.8 Å². The van der Waals surface area contributed by atoms with Gasteiger partial charge in [-0.2, -0.15) is 0 Å². The van der Waals surface area contributed by atoms with E-state index in [1.165, 1.54) is 0 Å². The molecule has 1 saturated carbocycles. The molecule has 1 aliphatic rings. The molecule has 4 rings (SSSR count). The van der Waals surface area contributed by atoms with Crippen molar-refractivity contribution in [1.82, 2.24) is 4.98 Å². The first kappa shape index (κ1) is 21.0. The van der Waals surface area contributed by atoms with E-state index < -0.39 is 27.6 Å². The smallest absolute Gasteiger partial charge is 0.238 e. The van der Waals surface area contributed by atoms with Gasteiger partial charge in [0.15, 0.2) is 11.6 Å². The summed E-state index contributed by atoms with van der Waals surface area (Å²) >= 11 is 6.04. The summed E-state index contributed by atoms with van der Waals surface area (Å²) in [6, 6.07) is 9.33. The van der Waals surface area contributed by atoms with E-state index in [-0.39, 0.29) is 16.5 Å². The van der Waals surface area contributed by atoms with Crippen LogP contribution in [0.2, 0.25) is 5.02 Å². The zero-order valence-electron chi connectivity index (χ0n) is 15.9. The number of sulfonamides is 1. The number of hydrogen-bond donors (Lipinski definition) is 2. The van der Waals surface area contributed by atoms with Gasteiger partial charge in [0.25, 0.3) is 0 Å². The molecule has 158 valence electrons. The van der Waals surface area contributed by atoms with E-state index in [2.05, 4.69) is 10.3 Å². The number of nitrogens with two attached hydrogens (primary N) is 1. The van der Waals surface area contributed by atoms with Crippen LogP contribution in [0.5, 0.6) is 0 Å². The lowest BCUT2D eigenvalue weighted by Crippen LogP contribution is -2.27. The molecule has 0 aliphatic heterocycles. The third kappa shape index (κ3) is 4.12. The highest BCUT2D eigenvalue weighted by atomic mass is 35.5. The Bertz CT molecular complexity index is 1210. The molecule has 9 heteroatoms. The van der Waals surface area contributed by atoms with Gasteiger partial charge < -0.3 is 5.32 Å². The first-order chi connectivity index (χ1) is 14.2. The molecular weight excluding hydrogens is 432 g/mol. The summed E-state index contributed by atoms with van der Waals surface area (Å²) in [5.74, 6) is -2.62. The molecule has 2 aromatic carbocycles. The Morgan fingerprint density at radius 2 is 1.80 bits per heavy atom. The molecule has 5 nitrogen and oxygen atoms in total. The number of rotatable bonds is 4. The van der Waals surface area contributed by atoms with Gasteiger partial charge in [-0.15, -0.1) is 0 Å². The van der Waals surface area contributed by atoms with E-state index in [1.807, 2.05) is 12.1 Å². The second kappa shape index (κ2) is 8.09.